The maximum absolute atomic E-state index is 9.05. The molecule has 0 aromatic heterocycles. The predicted octanol–water partition coefficient (Wildman–Crippen LogP) is 0.297. The van der Waals surface area contributed by atoms with Crippen LogP contribution in [0.1, 0.15) is 20.8 Å². The Balaban J connectivity index is 3.83. The highest BCUT2D eigenvalue weighted by molar-refractivity contribution is 4.78. The van der Waals surface area contributed by atoms with Crippen molar-refractivity contribution in [1.29, 1.82) is 0 Å². The van der Waals surface area contributed by atoms with Gasteiger partial charge >= 0.3 is 0 Å². The maximum atomic E-state index is 9.05. The molecule has 0 aromatic rings. The van der Waals surface area contributed by atoms with Gasteiger partial charge in [0.2, 0.25) is 0 Å². The molecule has 74 valence electrons. The Bertz CT molecular complexity index is 118. The van der Waals surface area contributed by atoms with Gasteiger partial charge in [0, 0.05) is 18.1 Å². The molecule has 12 heavy (non-hydrogen) atoms. The molecule has 0 unspecified atom stereocenters. The van der Waals surface area contributed by atoms with Crippen LogP contribution in [0.3, 0.4) is 0 Å². The molecule has 1 atom stereocenters. The molecule has 0 spiro atoms. The van der Waals surface area contributed by atoms with Crippen LogP contribution in [0.2, 0.25) is 0 Å². The number of aliphatic hydroxyl groups is 1. The summed E-state index contributed by atoms with van der Waals surface area (Å²) in [6, 6.07) is 0.167. The van der Waals surface area contributed by atoms with Crippen LogP contribution in [0.4, 0.5) is 0 Å². The summed E-state index contributed by atoms with van der Waals surface area (Å²) in [6.45, 7) is 7.37. The molecule has 0 aliphatic rings. The van der Waals surface area contributed by atoms with Crippen molar-refractivity contribution in [1.82, 2.24) is 10.2 Å². The van der Waals surface area contributed by atoms with Gasteiger partial charge in [-0.25, -0.2) is 0 Å². The Hall–Kier alpha value is -0.120. The number of nitrogens with zero attached hydrogens (tertiary/aromatic N) is 1. The summed E-state index contributed by atoms with van der Waals surface area (Å²) in [7, 11) is 4.01. The van der Waals surface area contributed by atoms with Crippen LogP contribution in [0.25, 0.3) is 0 Å². The Labute approximate surface area is 75.8 Å². The van der Waals surface area contributed by atoms with Gasteiger partial charge in [-0.1, -0.05) is 0 Å². The molecule has 0 fully saturated rings. The quantitative estimate of drug-likeness (QED) is 0.643. The predicted molar refractivity (Wildman–Crippen MR) is 52.3 cm³/mol. The first-order chi connectivity index (χ1) is 5.35. The van der Waals surface area contributed by atoms with Gasteiger partial charge in [0.1, 0.15) is 0 Å². The molecule has 0 amide bonds. The Morgan fingerprint density at radius 1 is 1.33 bits per heavy atom. The molecule has 0 saturated heterocycles. The van der Waals surface area contributed by atoms with Crippen molar-refractivity contribution in [2.45, 2.75) is 32.4 Å². The van der Waals surface area contributed by atoms with E-state index in [1.807, 2.05) is 14.1 Å². The number of rotatable bonds is 4. The number of hydrogen-bond acceptors (Lipinski definition) is 3. The molecule has 0 bridgehead atoms. The first-order valence-electron chi connectivity index (χ1n) is 4.38. The smallest absolute Gasteiger partial charge is 0.0597 e. The minimum absolute atomic E-state index is 0.0728. The van der Waals surface area contributed by atoms with E-state index >= 15 is 0 Å². The standard InChI is InChI=1S/C9H22N2O/c1-9(2,3)10-8(7-12)6-11(4)5/h8,10,12H,6-7H2,1-5H3/t8-/m1/s1. The third-order valence-electron chi connectivity index (χ3n) is 1.44. The first-order valence-corrected chi connectivity index (χ1v) is 4.38. The van der Waals surface area contributed by atoms with E-state index in [0.29, 0.717) is 0 Å². The van der Waals surface area contributed by atoms with E-state index in [1.54, 1.807) is 0 Å². The Morgan fingerprint density at radius 2 is 1.83 bits per heavy atom. The molecular weight excluding hydrogens is 152 g/mol. The lowest BCUT2D eigenvalue weighted by atomic mass is 10.1. The second-order valence-corrected chi connectivity index (χ2v) is 4.54. The maximum Gasteiger partial charge on any atom is 0.0597 e. The summed E-state index contributed by atoms with van der Waals surface area (Å²) in [4.78, 5) is 2.07. The molecule has 2 N–H and O–H groups in total. The monoisotopic (exact) mass is 174 g/mol. The normalized spacial score (nSPS) is 15.2. The van der Waals surface area contributed by atoms with Crippen molar-refractivity contribution >= 4 is 0 Å². The van der Waals surface area contributed by atoms with Crippen molar-refractivity contribution in [3.05, 3.63) is 0 Å². The van der Waals surface area contributed by atoms with Crippen LogP contribution in [0, 0.1) is 0 Å². The highest BCUT2D eigenvalue weighted by atomic mass is 16.3. The fourth-order valence-electron chi connectivity index (χ4n) is 1.20. The van der Waals surface area contributed by atoms with E-state index in [-0.39, 0.29) is 18.2 Å². The van der Waals surface area contributed by atoms with Crippen molar-refractivity contribution < 1.29 is 5.11 Å². The lowest BCUT2D eigenvalue weighted by molar-refractivity contribution is 0.187. The van der Waals surface area contributed by atoms with Crippen LogP contribution in [-0.2, 0) is 0 Å². The Kier molecular flexibility index (Phi) is 4.75. The second-order valence-electron chi connectivity index (χ2n) is 4.54. The average molecular weight is 174 g/mol. The van der Waals surface area contributed by atoms with Gasteiger partial charge in [-0.3, -0.25) is 0 Å². The zero-order chi connectivity index (χ0) is 9.78. The number of likely N-dealkylation sites (N-methyl/N-ethyl adjacent to an activating group) is 1. The lowest BCUT2D eigenvalue weighted by Gasteiger charge is -2.29. The Morgan fingerprint density at radius 3 is 2.08 bits per heavy atom. The van der Waals surface area contributed by atoms with Crippen LogP contribution >= 0.6 is 0 Å². The van der Waals surface area contributed by atoms with Crippen molar-refractivity contribution in [2.75, 3.05) is 27.2 Å². The SMILES string of the molecule is CN(C)C[C@H](CO)NC(C)(C)C. The fraction of sp³-hybridized carbons (Fsp3) is 1.00. The molecule has 0 radical (unpaired) electrons. The highest BCUT2D eigenvalue weighted by Gasteiger charge is 2.16. The molecule has 3 heteroatoms. The zero-order valence-electron chi connectivity index (χ0n) is 8.89. The van der Waals surface area contributed by atoms with E-state index in [2.05, 4.69) is 31.0 Å². The third kappa shape index (κ3) is 6.58. The van der Waals surface area contributed by atoms with Crippen LogP contribution < -0.4 is 5.32 Å². The van der Waals surface area contributed by atoms with Crippen molar-refractivity contribution in [3.8, 4) is 0 Å². The highest BCUT2D eigenvalue weighted by Crippen LogP contribution is 2.01. The van der Waals surface area contributed by atoms with Crippen LogP contribution in [0.15, 0.2) is 0 Å². The molecule has 0 heterocycles. The summed E-state index contributed by atoms with van der Waals surface area (Å²) in [5, 5.41) is 12.4. The lowest BCUT2D eigenvalue weighted by Crippen LogP contribution is -2.49. The van der Waals surface area contributed by atoms with Crippen LogP contribution in [-0.4, -0.2) is 48.8 Å². The van der Waals surface area contributed by atoms with Gasteiger partial charge in [-0.05, 0) is 34.9 Å². The number of nitrogens with one attached hydrogen (secondary N) is 1. The minimum Gasteiger partial charge on any atom is -0.395 e. The summed E-state index contributed by atoms with van der Waals surface area (Å²) < 4.78 is 0. The molecule has 0 aliphatic carbocycles. The fourth-order valence-corrected chi connectivity index (χ4v) is 1.20. The van der Waals surface area contributed by atoms with Gasteiger partial charge in [-0.2, -0.15) is 0 Å². The van der Waals surface area contributed by atoms with Gasteiger partial charge in [0.15, 0.2) is 0 Å². The minimum atomic E-state index is 0.0728. The number of aliphatic hydroxyl groups excluding tert-OH is 1. The van der Waals surface area contributed by atoms with E-state index in [1.165, 1.54) is 0 Å². The summed E-state index contributed by atoms with van der Waals surface area (Å²) >= 11 is 0. The third-order valence-corrected chi connectivity index (χ3v) is 1.44. The number of hydrogen-bond donors (Lipinski definition) is 2. The van der Waals surface area contributed by atoms with E-state index in [4.69, 9.17) is 5.11 Å². The molecule has 0 aromatic carbocycles. The molecule has 3 nitrogen and oxygen atoms in total. The first kappa shape index (κ1) is 11.9. The summed E-state index contributed by atoms with van der Waals surface area (Å²) in [6.07, 6.45) is 0. The topological polar surface area (TPSA) is 35.5 Å². The van der Waals surface area contributed by atoms with Gasteiger partial charge in [0.05, 0.1) is 6.61 Å². The van der Waals surface area contributed by atoms with E-state index < -0.39 is 0 Å². The summed E-state index contributed by atoms with van der Waals surface area (Å²) in [5.74, 6) is 0. The van der Waals surface area contributed by atoms with Crippen molar-refractivity contribution in [2.24, 2.45) is 0 Å². The molecule has 0 saturated carbocycles. The zero-order valence-corrected chi connectivity index (χ0v) is 8.89. The largest absolute Gasteiger partial charge is 0.395 e. The van der Waals surface area contributed by atoms with Gasteiger partial charge in [-0.15, -0.1) is 0 Å². The molecular formula is C9H22N2O. The van der Waals surface area contributed by atoms with Crippen molar-refractivity contribution in [3.63, 3.8) is 0 Å². The van der Waals surface area contributed by atoms with Crippen LogP contribution in [0.5, 0.6) is 0 Å². The summed E-state index contributed by atoms with van der Waals surface area (Å²) in [5.41, 5.74) is 0.0728. The van der Waals surface area contributed by atoms with Gasteiger partial charge < -0.3 is 15.3 Å². The average Bonchev–Trinajstić information content (AvgIpc) is 1.82. The second kappa shape index (κ2) is 4.80. The molecule has 0 aliphatic heterocycles. The van der Waals surface area contributed by atoms with E-state index in [0.717, 1.165) is 6.54 Å². The molecule has 0 rings (SSSR count). The van der Waals surface area contributed by atoms with E-state index in [9.17, 15) is 0 Å². The van der Waals surface area contributed by atoms with Gasteiger partial charge in [0.25, 0.3) is 0 Å².